The zero-order valence-corrected chi connectivity index (χ0v) is 30.0. The number of para-hydroxylation sites is 2. The lowest BCUT2D eigenvalue weighted by Gasteiger charge is -2.13. The van der Waals surface area contributed by atoms with Gasteiger partial charge in [-0.15, -0.1) is 23.5 Å². The monoisotopic (exact) mass is 702 g/mol. The Morgan fingerprint density at radius 2 is 0.840 bits per heavy atom. The molecule has 0 N–H and O–H groups in total. The minimum atomic E-state index is -0.240. The first-order valence-electron chi connectivity index (χ1n) is 17.9. The van der Waals surface area contributed by atoms with E-state index in [-0.39, 0.29) is 11.9 Å². The summed E-state index contributed by atoms with van der Waals surface area (Å²) in [7, 11) is 0. The Balaban J connectivity index is 1.06. The van der Waals surface area contributed by atoms with E-state index in [4.69, 9.17) is 19.4 Å². The van der Waals surface area contributed by atoms with Crippen LogP contribution in [-0.2, 0) is 9.59 Å². The first-order chi connectivity index (χ1) is 24.6. The number of esters is 2. The van der Waals surface area contributed by atoms with Gasteiger partial charge in [-0.2, -0.15) is 0 Å². The first-order valence-corrected chi connectivity index (χ1v) is 19.9. The molecule has 6 aromatic rings. The summed E-state index contributed by atoms with van der Waals surface area (Å²) in [6.45, 7) is 0. The van der Waals surface area contributed by atoms with Crippen LogP contribution in [0.5, 0.6) is 11.5 Å². The molecule has 0 saturated carbocycles. The molecule has 1 aliphatic heterocycles. The second kappa shape index (κ2) is 16.7. The summed E-state index contributed by atoms with van der Waals surface area (Å²) in [5, 5.41) is 4.34. The van der Waals surface area contributed by atoms with Crippen molar-refractivity contribution in [2.75, 3.05) is 11.5 Å². The van der Waals surface area contributed by atoms with Crippen LogP contribution in [0.25, 0.3) is 43.6 Å². The molecule has 8 heteroatoms. The molecule has 4 aromatic carbocycles. The summed E-state index contributed by atoms with van der Waals surface area (Å²) in [5.41, 5.74) is 3.79. The standard InChI is InChI=1S/C42H42N2O4S2/c45-39-19-7-3-4-8-20-40(46)48-30-22-24-38-34(28-30)42(32-16-10-12-18-36(32)44-38)50-26-14-6-2-1-5-13-25-49-41-31-15-9-11-17-35(31)43-37-23-21-29(47-39)27-33(37)41/h9-12,15-18,21-24,27-28H,1-8,13-14,19-20,25-26H2. The predicted molar refractivity (Wildman–Crippen MR) is 207 cm³/mol. The number of rotatable bonds is 0. The Bertz CT molecular complexity index is 2000. The van der Waals surface area contributed by atoms with Gasteiger partial charge in [0.05, 0.1) is 22.1 Å². The largest absolute Gasteiger partial charge is 0.427 e. The number of ether oxygens (including phenoxy) is 2. The van der Waals surface area contributed by atoms with Gasteiger partial charge < -0.3 is 9.47 Å². The van der Waals surface area contributed by atoms with Crippen LogP contribution in [0.3, 0.4) is 0 Å². The molecule has 0 radical (unpaired) electrons. The van der Waals surface area contributed by atoms with Crippen molar-refractivity contribution in [1.29, 1.82) is 0 Å². The number of benzene rings is 4. The van der Waals surface area contributed by atoms with Crippen LogP contribution in [0, 0.1) is 0 Å². The van der Waals surface area contributed by atoms with E-state index in [1.54, 1.807) is 0 Å². The van der Waals surface area contributed by atoms with Gasteiger partial charge in [0, 0.05) is 44.2 Å². The summed E-state index contributed by atoms with van der Waals surface area (Å²) in [5.74, 6) is 2.69. The summed E-state index contributed by atoms with van der Waals surface area (Å²) < 4.78 is 11.6. The third-order valence-corrected chi connectivity index (χ3v) is 11.7. The summed E-state index contributed by atoms with van der Waals surface area (Å²) in [6, 6.07) is 28.1. The third-order valence-electron chi connectivity index (χ3n) is 9.21. The lowest BCUT2D eigenvalue weighted by molar-refractivity contribution is -0.135. The van der Waals surface area contributed by atoms with Gasteiger partial charge in [-0.3, -0.25) is 9.59 Å². The van der Waals surface area contributed by atoms with E-state index in [9.17, 15) is 9.59 Å². The number of hydrogen-bond donors (Lipinski definition) is 0. The topological polar surface area (TPSA) is 78.4 Å². The van der Waals surface area contributed by atoms with Crippen LogP contribution in [0.2, 0.25) is 0 Å². The number of thioether (sulfide) groups is 2. The van der Waals surface area contributed by atoms with Crippen LogP contribution < -0.4 is 9.47 Å². The maximum Gasteiger partial charge on any atom is 0.311 e. The van der Waals surface area contributed by atoms with Crippen LogP contribution >= 0.6 is 23.5 Å². The molecule has 7 rings (SSSR count). The Morgan fingerprint density at radius 1 is 0.440 bits per heavy atom. The quantitative estimate of drug-likeness (QED) is 0.0879. The van der Waals surface area contributed by atoms with Crippen molar-refractivity contribution >= 4 is 79.1 Å². The van der Waals surface area contributed by atoms with Crippen LogP contribution in [0.1, 0.15) is 77.0 Å². The number of aromatic nitrogens is 2. The lowest BCUT2D eigenvalue weighted by Crippen LogP contribution is -2.08. The molecule has 50 heavy (non-hydrogen) atoms. The smallest absolute Gasteiger partial charge is 0.311 e. The van der Waals surface area contributed by atoms with Crippen LogP contribution in [-0.4, -0.2) is 33.4 Å². The van der Waals surface area contributed by atoms with Gasteiger partial charge in [0.1, 0.15) is 11.5 Å². The van der Waals surface area contributed by atoms with Crippen molar-refractivity contribution in [2.45, 2.75) is 86.8 Å². The number of carbonyl (C=O) groups is 2. The Hall–Kier alpha value is -4.14. The van der Waals surface area contributed by atoms with Gasteiger partial charge in [0.2, 0.25) is 0 Å². The van der Waals surface area contributed by atoms with E-state index in [0.29, 0.717) is 37.2 Å². The van der Waals surface area contributed by atoms with Crippen LogP contribution in [0.4, 0.5) is 0 Å². The maximum atomic E-state index is 12.8. The van der Waals surface area contributed by atoms with Gasteiger partial charge in [0.15, 0.2) is 0 Å². The van der Waals surface area contributed by atoms with E-state index in [0.717, 1.165) is 80.8 Å². The predicted octanol–water partition coefficient (Wildman–Crippen LogP) is 11.5. The first kappa shape index (κ1) is 34.3. The number of carbonyl (C=O) groups excluding carboxylic acids is 2. The van der Waals surface area contributed by atoms with Crippen molar-refractivity contribution < 1.29 is 19.1 Å². The molecule has 0 atom stereocenters. The number of hydrogen-bond acceptors (Lipinski definition) is 8. The van der Waals surface area contributed by atoms with E-state index in [1.807, 2.05) is 72.1 Å². The highest BCUT2D eigenvalue weighted by molar-refractivity contribution is 8.00. The molecule has 1 aliphatic rings. The highest BCUT2D eigenvalue weighted by Gasteiger charge is 2.15. The number of fused-ring (bicyclic) bond motifs is 6. The van der Waals surface area contributed by atoms with Crippen molar-refractivity contribution in [1.82, 2.24) is 9.97 Å². The molecular weight excluding hydrogens is 661 g/mol. The third kappa shape index (κ3) is 8.41. The van der Waals surface area contributed by atoms with Gasteiger partial charge in [-0.1, -0.05) is 74.9 Å². The van der Waals surface area contributed by atoms with Crippen molar-refractivity contribution in [2.24, 2.45) is 0 Å². The number of pyridine rings is 2. The average molecular weight is 703 g/mol. The molecule has 256 valence electrons. The molecule has 3 heterocycles. The molecule has 0 spiro atoms. The SMILES string of the molecule is O=C1CCCCCCC(=O)Oc2ccc3nc4ccccc4c(c3c2)SCCCCCCCCSc2c3ccccc3nc3ccc(cc23)O1. The minimum Gasteiger partial charge on any atom is -0.427 e. The normalized spacial score (nSPS) is 16.7. The molecule has 0 saturated heterocycles. The van der Waals surface area contributed by atoms with Gasteiger partial charge in [0.25, 0.3) is 0 Å². The molecule has 0 fully saturated rings. The van der Waals surface area contributed by atoms with E-state index in [1.165, 1.54) is 35.5 Å². The fourth-order valence-corrected chi connectivity index (χ4v) is 9.02. The Kier molecular flexibility index (Phi) is 11.5. The van der Waals surface area contributed by atoms with E-state index in [2.05, 4.69) is 36.4 Å². The van der Waals surface area contributed by atoms with Gasteiger partial charge in [-0.25, -0.2) is 9.97 Å². The molecule has 0 amide bonds. The lowest BCUT2D eigenvalue weighted by atomic mass is 10.1. The molecule has 0 unspecified atom stereocenters. The molecular formula is C42H42N2O4S2. The Morgan fingerprint density at radius 3 is 1.32 bits per heavy atom. The minimum absolute atomic E-state index is 0.240. The Labute approximate surface area is 301 Å². The summed E-state index contributed by atoms with van der Waals surface area (Å²) in [4.78, 5) is 37.8. The second-order valence-corrected chi connectivity index (χ2v) is 15.2. The molecule has 6 nitrogen and oxygen atoms in total. The van der Waals surface area contributed by atoms with E-state index < -0.39 is 0 Å². The second-order valence-electron chi connectivity index (χ2n) is 13.0. The fraction of sp³-hybridized carbons (Fsp3) is 0.333. The molecule has 2 aromatic heterocycles. The zero-order valence-electron chi connectivity index (χ0n) is 28.3. The van der Waals surface area contributed by atoms with Crippen molar-refractivity contribution in [3.8, 4) is 11.5 Å². The fourth-order valence-electron chi connectivity index (χ4n) is 6.62. The zero-order chi connectivity index (χ0) is 34.1. The van der Waals surface area contributed by atoms with Gasteiger partial charge in [-0.05, 0) is 85.7 Å². The highest BCUT2D eigenvalue weighted by atomic mass is 32.2. The van der Waals surface area contributed by atoms with Crippen molar-refractivity contribution in [3.63, 3.8) is 0 Å². The number of nitrogens with zero attached hydrogens (tertiary/aromatic N) is 2. The van der Waals surface area contributed by atoms with Crippen molar-refractivity contribution in [3.05, 3.63) is 84.9 Å². The molecule has 4 bridgehead atoms. The van der Waals surface area contributed by atoms with E-state index >= 15 is 0 Å². The summed E-state index contributed by atoms with van der Waals surface area (Å²) in [6.07, 6.45) is 10.9. The summed E-state index contributed by atoms with van der Waals surface area (Å²) >= 11 is 3.77. The highest BCUT2D eigenvalue weighted by Crippen LogP contribution is 2.38. The maximum absolute atomic E-state index is 12.8. The van der Waals surface area contributed by atoms with Crippen LogP contribution in [0.15, 0.2) is 94.7 Å². The molecule has 0 aliphatic carbocycles. The average Bonchev–Trinajstić information content (AvgIpc) is 3.13. The van der Waals surface area contributed by atoms with Gasteiger partial charge >= 0.3 is 11.9 Å².